The van der Waals surface area contributed by atoms with Crippen LogP contribution in [0.2, 0.25) is 0 Å². The highest BCUT2D eigenvalue weighted by Gasteiger charge is 2.23. The zero-order valence-corrected chi connectivity index (χ0v) is 13.3. The molecule has 0 saturated heterocycles. The lowest BCUT2D eigenvalue weighted by atomic mass is 9.96. The number of carbonyl (C=O) groups excluding carboxylic acids is 1. The van der Waals surface area contributed by atoms with Gasteiger partial charge in [0.05, 0.1) is 14.2 Å². The zero-order valence-electron chi connectivity index (χ0n) is 13.3. The number of nitrogens with one attached hydrogen (secondary N) is 1. The number of hydrogen-bond acceptors (Lipinski definition) is 6. The van der Waals surface area contributed by atoms with E-state index >= 15 is 0 Å². The number of anilines is 1. The van der Waals surface area contributed by atoms with E-state index in [1.165, 1.54) is 0 Å². The molecule has 1 N–H and O–H groups in total. The molecule has 0 aliphatic carbocycles. The van der Waals surface area contributed by atoms with Crippen molar-refractivity contribution in [1.82, 2.24) is 10.2 Å². The van der Waals surface area contributed by atoms with Crippen molar-refractivity contribution < 1.29 is 18.7 Å². The highest BCUT2D eigenvalue weighted by atomic mass is 16.5. The molecule has 7 heteroatoms. The van der Waals surface area contributed by atoms with Crippen molar-refractivity contribution in [2.45, 2.75) is 20.8 Å². The van der Waals surface area contributed by atoms with Gasteiger partial charge in [0.15, 0.2) is 0 Å². The third-order valence-corrected chi connectivity index (χ3v) is 2.93. The minimum absolute atomic E-state index is 0.0525. The summed E-state index contributed by atoms with van der Waals surface area (Å²) in [6.45, 7) is 5.39. The first-order valence-electron chi connectivity index (χ1n) is 6.72. The van der Waals surface area contributed by atoms with Crippen LogP contribution in [0.5, 0.6) is 11.5 Å². The average Bonchev–Trinajstić information content (AvgIpc) is 2.94. The molecule has 1 aromatic heterocycles. The molecule has 1 heterocycles. The van der Waals surface area contributed by atoms with Gasteiger partial charge in [-0.2, -0.15) is 0 Å². The Hall–Kier alpha value is -2.57. The molecular formula is C15H19N3O4. The van der Waals surface area contributed by atoms with E-state index in [4.69, 9.17) is 13.9 Å². The van der Waals surface area contributed by atoms with Gasteiger partial charge in [0.2, 0.25) is 11.8 Å². The Morgan fingerprint density at radius 3 is 2.18 bits per heavy atom. The summed E-state index contributed by atoms with van der Waals surface area (Å²) >= 11 is 0. The zero-order chi connectivity index (χ0) is 16.3. The molecule has 118 valence electrons. The van der Waals surface area contributed by atoms with Crippen molar-refractivity contribution in [1.29, 1.82) is 0 Å². The molecule has 1 aromatic carbocycles. The molecule has 7 nitrogen and oxygen atoms in total. The second kappa shape index (κ2) is 6.05. The first-order chi connectivity index (χ1) is 10.3. The Balaban J connectivity index is 2.26. The highest BCUT2D eigenvalue weighted by molar-refractivity contribution is 5.92. The molecule has 0 spiro atoms. The van der Waals surface area contributed by atoms with E-state index in [2.05, 4.69) is 15.5 Å². The van der Waals surface area contributed by atoms with Crippen LogP contribution >= 0.6 is 0 Å². The number of carbonyl (C=O) groups is 1. The van der Waals surface area contributed by atoms with Crippen molar-refractivity contribution in [2.24, 2.45) is 5.41 Å². The van der Waals surface area contributed by atoms with Crippen LogP contribution in [-0.2, 0) is 4.79 Å². The van der Waals surface area contributed by atoms with Crippen molar-refractivity contribution in [2.75, 3.05) is 19.5 Å². The van der Waals surface area contributed by atoms with Crippen LogP contribution in [0.15, 0.2) is 22.6 Å². The third kappa shape index (κ3) is 3.55. The Morgan fingerprint density at radius 2 is 1.68 bits per heavy atom. The predicted octanol–water partition coefficient (Wildman–Crippen LogP) is 2.74. The molecule has 0 aliphatic rings. The van der Waals surface area contributed by atoms with Gasteiger partial charge in [0.1, 0.15) is 11.5 Å². The maximum Gasteiger partial charge on any atom is 0.322 e. The summed E-state index contributed by atoms with van der Waals surface area (Å²) in [5, 5.41) is 10.3. The molecule has 0 fully saturated rings. The number of rotatable bonds is 4. The van der Waals surface area contributed by atoms with Crippen LogP contribution in [0.4, 0.5) is 6.01 Å². The van der Waals surface area contributed by atoms with Crippen LogP contribution in [-0.4, -0.2) is 30.3 Å². The van der Waals surface area contributed by atoms with E-state index in [0.29, 0.717) is 17.1 Å². The summed E-state index contributed by atoms with van der Waals surface area (Å²) in [4.78, 5) is 11.9. The van der Waals surface area contributed by atoms with E-state index < -0.39 is 5.41 Å². The lowest BCUT2D eigenvalue weighted by molar-refractivity contribution is -0.123. The minimum atomic E-state index is -0.548. The lowest BCUT2D eigenvalue weighted by Crippen LogP contribution is -2.27. The Kier molecular flexibility index (Phi) is 4.35. The van der Waals surface area contributed by atoms with Crippen LogP contribution in [0.25, 0.3) is 11.5 Å². The van der Waals surface area contributed by atoms with Gasteiger partial charge in [0.25, 0.3) is 0 Å². The number of nitrogens with zero attached hydrogens (tertiary/aromatic N) is 2. The van der Waals surface area contributed by atoms with Gasteiger partial charge in [-0.1, -0.05) is 25.9 Å². The maximum absolute atomic E-state index is 11.9. The monoisotopic (exact) mass is 305 g/mol. The van der Waals surface area contributed by atoms with Crippen molar-refractivity contribution in [3.8, 4) is 23.0 Å². The molecule has 0 atom stereocenters. The molecule has 22 heavy (non-hydrogen) atoms. The maximum atomic E-state index is 11.9. The van der Waals surface area contributed by atoms with Gasteiger partial charge in [-0.05, 0) is 12.1 Å². The lowest BCUT2D eigenvalue weighted by Gasteiger charge is -2.15. The number of ether oxygens (including phenoxy) is 2. The topological polar surface area (TPSA) is 86.5 Å². The van der Waals surface area contributed by atoms with E-state index in [9.17, 15) is 4.79 Å². The van der Waals surface area contributed by atoms with Gasteiger partial charge in [-0.3, -0.25) is 10.1 Å². The fourth-order valence-corrected chi connectivity index (χ4v) is 1.61. The summed E-state index contributed by atoms with van der Waals surface area (Å²) in [6, 6.07) is 5.27. The first kappa shape index (κ1) is 15.8. The molecule has 0 bridgehead atoms. The highest BCUT2D eigenvalue weighted by Crippen LogP contribution is 2.29. The van der Waals surface area contributed by atoms with Crippen LogP contribution < -0.4 is 14.8 Å². The van der Waals surface area contributed by atoms with Gasteiger partial charge < -0.3 is 13.9 Å². The second-order valence-corrected chi connectivity index (χ2v) is 5.72. The normalized spacial score (nSPS) is 11.1. The number of benzene rings is 1. The SMILES string of the molecule is COc1cc(OC)cc(-c2nnc(NC(=O)C(C)(C)C)o2)c1. The number of methoxy groups -OCH3 is 2. The molecule has 0 unspecified atom stereocenters. The van der Waals surface area contributed by atoms with E-state index in [1.54, 1.807) is 53.2 Å². The molecular weight excluding hydrogens is 286 g/mol. The van der Waals surface area contributed by atoms with Crippen LogP contribution in [0, 0.1) is 5.41 Å². The summed E-state index contributed by atoms with van der Waals surface area (Å²) < 4.78 is 15.9. The van der Waals surface area contributed by atoms with Crippen LogP contribution in [0.3, 0.4) is 0 Å². The number of aromatic nitrogens is 2. The quantitative estimate of drug-likeness (QED) is 0.934. The summed E-state index contributed by atoms with van der Waals surface area (Å²) in [5.41, 5.74) is 0.0911. The van der Waals surface area contributed by atoms with E-state index in [1.807, 2.05) is 0 Å². The van der Waals surface area contributed by atoms with Gasteiger partial charge in [0, 0.05) is 17.0 Å². The van der Waals surface area contributed by atoms with Gasteiger partial charge >= 0.3 is 6.01 Å². The fourth-order valence-electron chi connectivity index (χ4n) is 1.61. The minimum Gasteiger partial charge on any atom is -0.497 e. The van der Waals surface area contributed by atoms with Gasteiger partial charge in [-0.15, -0.1) is 5.10 Å². The summed E-state index contributed by atoms with van der Waals surface area (Å²) in [7, 11) is 3.11. The molecule has 0 saturated carbocycles. The summed E-state index contributed by atoms with van der Waals surface area (Å²) in [6.07, 6.45) is 0. The van der Waals surface area contributed by atoms with Gasteiger partial charge in [-0.25, -0.2) is 0 Å². The Bertz CT molecular complexity index is 651. The van der Waals surface area contributed by atoms with Crippen molar-refractivity contribution >= 4 is 11.9 Å². The first-order valence-corrected chi connectivity index (χ1v) is 6.72. The smallest absolute Gasteiger partial charge is 0.322 e. The third-order valence-electron chi connectivity index (χ3n) is 2.93. The largest absolute Gasteiger partial charge is 0.497 e. The molecule has 2 rings (SSSR count). The fraction of sp³-hybridized carbons (Fsp3) is 0.400. The van der Waals surface area contributed by atoms with Crippen LogP contribution in [0.1, 0.15) is 20.8 Å². The predicted molar refractivity (Wildman–Crippen MR) is 80.9 cm³/mol. The average molecular weight is 305 g/mol. The van der Waals surface area contributed by atoms with Crippen molar-refractivity contribution in [3.63, 3.8) is 0 Å². The Labute approximate surface area is 128 Å². The van der Waals surface area contributed by atoms with E-state index in [-0.39, 0.29) is 17.8 Å². The summed E-state index contributed by atoms with van der Waals surface area (Å²) in [5.74, 6) is 1.27. The number of amides is 1. The molecule has 1 amide bonds. The molecule has 0 aliphatic heterocycles. The molecule has 2 aromatic rings. The Morgan fingerprint density at radius 1 is 1.09 bits per heavy atom. The standard InChI is InChI=1S/C15H19N3O4/c1-15(2,3)13(19)16-14-18-17-12(22-14)9-6-10(20-4)8-11(7-9)21-5/h6-8H,1-5H3,(H,16,18,19). The second-order valence-electron chi connectivity index (χ2n) is 5.72. The molecule has 0 radical (unpaired) electrons. The van der Waals surface area contributed by atoms with Crippen molar-refractivity contribution in [3.05, 3.63) is 18.2 Å². The van der Waals surface area contributed by atoms with E-state index in [0.717, 1.165) is 0 Å². The number of hydrogen-bond donors (Lipinski definition) is 1.